The molecule has 0 aromatic rings. The molecule has 0 amide bonds. The lowest BCUT2D eigenvalue weighted by Crippen LogP contribution is -2.35. The summed E-state index contributed by atoms with van der Waals surface area (Å²) in [5.41, 5.74) is 5.58. The van der Waals surface area contributed by atoms with Crippen molar-refractivity contribution < 1.29 is 0 Å². The van der Waals surface area contributed by atoms with Crippen molar-refractivity contribution in [1.82, 2.24) is 5.32 Å². The lowest BCUT2D eigenvalue weighted by atomic mass is 10.1. The first-order valence-corrected chi connectivity index (χ1v) is 8.28. The molecule has 0 spiro atoms. The minimum Gasteiger partial charge on any atom is -0.330 e. The van der Waals surface area contributed by atoms with E-state index in [1.807, 2.05) is 0 Å². The Morgan fingerprint density at radius 3 is 2.43 bits per heavy atom. The minimum atomic E-state index is 0.523. The molecule has 1 unspecified atom stereocenters. The molecule has 0 aromatic carbocycles. The summed E-state index contributed by atoms with van der Waals surface area (Å²) in [7, 11) is 0. The molecule has 3 atom stereocenters. The zero-order valence-electron chi connectivity index (χ0n) is 8.48. The average molecular weight is 442 g/mol. The first-order valence-electron chi connectivity index (χ1n) is 4.93. The number of halogens is 3. The van der Waals surface area contributed by atoms with E-state index in [1.165, 1.54) is 0 Å². The van der Waals surface area contributed by atoms with E-state index in [0.717, 1.165) is 30.4 Å². The molecule has 0 fully saturated rings. The summed E-state index contributed by atoms with van der Waals surface area (Å²) < 4.78 is 1.12. The third kappa shape index (κ3) is 6.98. The van der Waals surface area contributed by atoms with Gasteiger partial charge in [0.15, 0.2) is 0 Å². The zero-order valence-corrected chi connectivity index (χ0v) is 13.8. The van der Waals surface area contributed by atoms with Crippen LogP contribution in [-0.4, -0.2) is 33.2 Å². The SMILES string of the molecule is CCNC(CCN)C[C@@H](Br)[C@@H](Br)CI. The Balaban J connectivity index is 3.87. The van der Waals surface area contributed by atoms with Crippen LogP contribution in [0.2, 0.25) is 0 Å². The topological polar surface area (TPSA) is 38.0 Å². The van der Waals surface area contributed by atoms with Crippen LogP contribution < -0.4 is 11.1 Å². The van der Waals surface area contributed by atoms with E-state index in [9.17, 15) is 0 Å². The van der Waals surface area contributed by atoms with Gasteiger partial charge in [-0.05, 0) is 25.9 Å². The van der Waals surface area contributed by atoms with Crippen molar-refractivity contribution in [2.75, 3.05) is 17.5 Å². The van der Waals surface area contributed by atoms with Crippen molar-refractivity contribution in [2.24, 2.45) is 5.73 Å². The lowest BCUT2D eigenvalue weighted by molar-refractivity contribution is 0.465. The van der Waals surface area contributed by atoms with Gasteiger partial charge in [-0.2, -0.15) is 0 Å². The van der Waals surface area contributed by atoms with Crippen molar-refractivity contribution in [3.63, 3.8) is 0 Å². The third-order valence-electron chi connectivity index (χ3n) is 2.06. The minimum absolute atomic E-state index is 0.523. The number of alkyl halides is 3. The Labute approximate surface area is 118 Å². The molecule has 14 heavy (non-hydrogen) atoms. The summed E-state index contributed by atoms with van der Waals surface area (Å²) in [6.45, 7) is 3.91. The van der Waals surface area contributed by atoms with E-state index in [-0.39, 0.29) is 0 Å². The number of nitrogens with one attached hydrogen (secondary N) is 1. The van der Waals surface area contributed by atoms with E-state index in [2.05, 4.69) is 66.7 Å². The predicted molar refractivity (Wildman–Crippen MR) is 80.1 cm³/mol. The van der Waals surface area contributed by atoms with Crippen LogP contribution in [0.4, 0.5) is 0 Å². The second-order valence-electron chi connectivity index (χ2n) is 3.25. The smallest absolute Gasteiger partial charge is 0.0361 e. The van der Waals surface area contributed by atoms with E-state index < -0.39 is 0 Å². The van der Waals surface area contributed by atoms with Crippen LogP contribution in [0.1, 0.15) is 19.8 Å². The van der Waals surface area contributed by atoms with Gasteiger partial charge in [-0.15, -0.1) is 0 Å². The van der Waals surface area contributed by atoms with Crippen molar-refractivity contribution in [1.29, 1.82) is 0 Å². The molecule has 0 aliphatic heterocycles. The molecule has 3 N–H and O–H groups in total. The molecule has 5 heteroatoms. The van der Waals surface area contributed by atoms with Crippen molar-refractivity contribution in [3.05, 3.63) is 0 Å². The summed E-state index contributed by atoms with van der Waals surface area (Å²) in [5.74, 6) is 0. The first-order chi connectivity index (χ1) is 6.65. The average Bonchev–Trinajstić information content (AvgIpc) is 2.17. The fourth-order valence-corrected chi connectivity index (χ4v) is 3.48. The normalized spacial score (nSPS) is 17.8. The fourth-order valence-electron chi connectivity index (χ4n) is 1.31. The van der Waals surface area contributed by atoms with E-state index in [0.29, 0.717) is 15.7 Å². The van der Waals surface area contributed by atoms with Gasteiger partial charge >= 0.3 is 0 Å². The van der Waals surface area contributed by atoms with Gasteiger partial charge in [0.1, 0.15) is 0 Å². The van der Waals surface area contributed by atoms with Crippen molar-refractivity contribution in [2.45, 2.75) is 35.5 Å². The van der Waals surface area contributed by atoms with Gasteiger partial charge in [-0.3, -0.25) is 0 Å². The molecule has 0 saturated heterocycles. The van der Waals surface area contributed by atoms with Crippen LogP contribution in [0.5, 0.6) is 0 Å². The Morgan fingerprint density at radius 2 is 2.00 bits per heavy atom. The predicted octanol–water partition coefficient (Wildman–Crippen LogP) is 2.67. The largest absolute Gasteiger partial charge is 0.330 e. The third-order valence-corrected chi connectivity index (χ3v) is 6.90. The van der Waals surface area contributed by atoms with Gasteiger partial charge in [0.25, 0.3) is 0 Å². The lowest BCUT2D eigenvalue weighted by Gasteiger charge is -2.22. The summed E-state index contributed by atoms with van der Waals surface area (Å²) in [6.07, 6.45) is 2.18. The van der Waals surface area contributed by atoms with Gasteiger partial charge in [0, 0.05) is 20.1 Å². The summed E-state index contributed by atoms with van der Waals surface area (Å²) in [4.78, 5) is 1.07. The van der Waals surface area contributed by atoms with Gasteiger partial charge in [0.05, 0.1) is 0 Å². The monoisotopic (exact) mass is 440 g/mol. The molecule has 86 valence electrons. The zero-order chi connectivity index (χ0) is 11.0. The van der Waals surface area contributed by atoms with Crippen molar-refractivity contribution >= 4 is 54.5 Å². The standard InChI is InChI=1S/C9H19Br2IN2/c1-2-14-7(3-4-13)5-8(10)9(11)6-12/h7-9,14H,2-6,13H2,1H3/t7?,8-,9+/m1/s1. The Bertz CT molecular complexity index is 132. The Kier molecular flexibility index (Phi) is 10.9. The second-order valence-corrected chi connectivity index (χ2v) is 6.49. The highest BCUT2D eigenvalue weighted by Crippen LogP contribution is 2.22. The van der Waals surface area contributed by atoms with Crippen LogP contribution in [0.15, 0.2) is 0 Å². The highest BCUT2D eigenvalue weighted by molar-refractivity contribution is 14.1. The summed E-state index contributed by atoms with van der Waals surface area (Å²) in [5, 5.41) is 3.46. The number of nitrogens with two attached hydrogens (primary N) is 1. The van der Waals surface area contributed by atoms with E-state index >= 15 is 0 Å². The maximum atomic E-state index is 5.58. The number of hydrogen-bond donors (Lipinski definition) is 2. The summed E-state index contributed by atoms with van der Waals surface area (Å²) >= 11 is 9.77. The molecule has 0 saturated carbocycles. The van der Waals surface area contributed by atoms with Gasteiger partial charge in [-0.1, -0.05) is 61.4 Å². The second kappa shape index (κ2) is 9.81. The Hall–Kier alpha value is 1.61. The molecule has 0 radical (unpaired) electrons. The van der Waals surface area contributed by atoms with Gasteiger partial charge in [-0.25, -0.2) is 0 Å². The van der Waals surface area contributed by atoms with Crippen LogP contribution in [0.3, 0.4) is 0 Å². The fraction of sp³-hybridized carbons (Fsp3) is 1.00. The number of hydrogen-bond acceptors (Lipinski definition) is 2. The number of rotatable bonds is 8. The molecule has 0 bridgehead atoms. The van der Waals surface area contributed by atoms with E-state index in [1.54, 1.807) is 0 Å². The molecule has 0 aliphatic rings. The highest BCUT2D eigenvalue weighted by atomic mass is 127. The van der Waals surface area contributed by atoms with Crippen LogP contribution in [0, 0.1) is 0 Å². The van der Waals surface area contributed by atoms with Crippen LogP contribution >= 0.6 is 54.5 Å². The molecular formula is C9H19Br2IN2. The maximum absolute atomic E-state index is 5.58. The van der Waals surface area contributed by atoms with E-state index in [4.69, 9.17) is 5.73 Å². The van der Waals surface area contributed by atoms with Crippen LogP contribution in [0.25, 0.3) is 0 Å². The Morgan fingerprint density at radius 1 is 1.36 bits per heavy atom. The first kappa shape index (κ1) is 15.6. The van der Waals surface area contributed by atoms with Gasteiger partial charge in [0.2, 0.25) is 0 Å². The van der Waals surface area contributed by atoms with Gasteiger partial charge < -0.3 is 11.1 Å². The quantitative estimate of drug-likeness (QED) is 0.449. The summed E-state index contributed by atoms with van der Waals surface area (Å²) in [6, 6.07) is 0.539. The highest BCUT2D eigenvalue weighted by Gasteiger charge is 2.18. The molecule has 0 heterocycles. The van der Waals surface area contributed by atoms with Crippen molar-refractivity contribution in [3.8, 4) is 0 Å². The molecular weight excluding hydrogens is 423 g/mol. The molecule has 0 aromatic heterocycles. The molecule has 2 nitrogen and oxygen atoms in total. The maximum Gasteiger partial charge on any atom is 0.0361 e. The molecule has 0 rings (SSSR count). The molecule has 0 aliphatic carbocycles. The van der Waals surface area contributed by atoms with Crippen LogP contribution in [-0.2, 0) is 0 Å².